The van der Waals surface area contributed by atoms with Crippen molar-refractivity contribution in [2.75, 3.05) is 6.61 Å². The Hall–Kier alpha value is -0.610. The van der Waals surface area contributed by atoms with Crippen molar-refractivity contribution in [1.29, 1.82) is 0 Å². The molecule has 0 N–H and O–H groups in total. The van der Waals surface area contributed by atoms with Gasteiger partial charge in [-0.2, -0.15) is 0 Å². The molecule has 0 aromatic rings. The first kappa shape index (κ1) is 19.4. The van der Waals surface area contributed by atoms with Crippen molar-refractivity contribution in [3.8, 4) is 0 Å². The van der Waals surface area contributed by atoms with Crippen LogP contribution >= 0.6 is 0 Å². The van der Waals surface area contributed by atoms with Gasteiger partial charge < -0.3 is 4.74 Å². The molecule has 0 aliphatic heterocycles. The molecular weight excluding hydrogens is 256 g/mol. The third-order valence-electron chi connectivity index (χ3n) is 2.72. The van der Waals surface area contributed by atoms with Gasteiger partial charge in [0, 0.05) is 0 Å². The van der Waals surface area contributed by atoms with Crippen LogP contribution in [0.25, 0.3) is 0 Å². The fraction of sp³-hybridized carbons (Fsp3) is 0.938. The van der Waals surface area contributed by atoms with Crippen LogP contribution in [0, 0.1) is 5.41 Å². The van der Waals surface area contributed by atoms with Crippen LogP contribution in [0.15, 0.2) is 0 Å². The van der Waals surface area contributed by atoms with E-state index in [2.05, 4.69) is 27.7 Å². The number of hydrogen-bond acceptors (Lipinski definition) is 4. The summed E-state index contributed by atoms with van der Waals surface area (Å²) in [6.45, 7) is 14.6. The Morgan fingerprint density at radius 1 is 1.10 bits per heavy atom. The van der Waals surface area contributed by atoms with E-state index in [4.69, 9.17) is 14.5 Å². The molecule has 20 heavy (non-hydrogen) atoms. The van der Waals surface area contributed by atoms with Crippen molar-refractivity contribution in [3.63, 3.8) is 0 Å². The summed E-state index contributed by atoms with van der Waals surface area (Å²) in [4.78, 5) is 22.3. The standard InChI is InChI=1S/C16H32O4/c1-8-10-11-13(20-18-9-2)14(17)19-16(6,7)12-15(3,4)5/h13H,8-12H2,1-7H3. The van der Waals surface area contributed by atoms with E-state index in [0.29, 0.717) is 13.0 Å². The predicted octanol–water partition coefficient (Wildman–Crippen LogP) is 4.27. The van der Waals surface area contributed by atoms with E-state index < -0.39 is 11.7 Å². The first-order valence-electron chi connectivity index (χ1n) is 7.62. The molecule has 1 unspecified atom stereocenters. The minimum Gasteiger partial charge on any atom is -0.458 e. The van der Waals surface area contributed by atoms with Crippen molar-refractivity contribution >= 4 is 5.97 Å². The molecule has 0 rings (SSSR count). The zero-order chi connectivity index (χ0) is 15.8. The zero-order valence-corrected chi connectivity index (χ0v) is 14.2. The van der Waals surface area contributed by atoms with Crippen molar-refractivity contribution in [2.24, 2.45) is 5.41 Å². The Kier molecular flexibility index (Phi) is 8.36. The molecule has 0 aliphatic carbocycles. The summed E-state index contributed by atoms with van der Waals surface area (Å²) in [5, 5.41) is 0. The van der Waals surface area contributed by atoms with Gasteiger partial charge >= 0.3 is 5.97 Å². The Morgan fingerprint density at radius 3 is 2.15 bits per heavy atom. The quantitative estimate of drug-likeness (QED) is 0.361. The topological polar surface area (TPSA) is 44.8 Å². The highest BCUT2D eigenvalue weighted by Gasteiger charge is 2.32. The first-order valence-corrected chi connectivity index (χ1v) is 7.62. The van der Waals surface area contributed by atoms with Crippen molar-refractivity contribution in [2.45, 2.75) is 85.9 Å². The maximum Gasteiger partial charge on any atom is 0.339 e. The fourth-order valence-corrected chi connectivity index (χ4v) is 2.40. The molecule has 1 atom stereocenters. The SMILES string of the molecule is CCCCC(OOCC)C(=O)OC(C)(C)CC(C)(C)C. The van der Waals surface area contributed by atoms with Gasteiger partial charge in [-0.1, -0.05) is 40.5 Å². The van der Waals surface area contributed by atoms with Crippen LogP contribution < -0.4 is 0 Å². The lowest BCUT2D eigenvalue weighted by atomic mass is 9.83. The predicted molar refractivity (Wildman–Crippen MR) is 80.3 cm³/mol. The van der Waals surface area contributed by atoms with E-state index in [-0.39, 0.29) is 11.4 Å². The number of carbonyl (C=O) groups is 1. The van der Waals surface area contributed by atoms with Gasteiger partial charge in [-0.05, 0) is 39.0 Å². The van der Waals surface area contributed by atoms with Crippen molar-refractivity contribution in [3.05, 3.63) is 0 Å². The molecule has 0 aromatic carbocycles. The van der Waals surface area contributed by atoms with Gasteiger partial charge in [0.2, 0.25) is 0 Å². The number of unbranched alkanes of at least 4 members (excludes halogenated alkanes) is 1. The third-order valence-corrected chi connectivity index (χ3v) is 2.72. The summed E-state index contributed by atoms with van der Waals surface area (Å²) in [5.41, 5.74) is -0.404. The lowest BCUT2D eigenvalue weighted by Crippen LogP contribution is -2.38. The maximum atomic E-state index is 12.2. The van der Waals surface area contributed by atoms with Crippen LogP contribution in [0.4, 0.5) is 0 Å². The highest BCUT2D eigenvalue weighted by atomic mass is 17.2. The Bertz CT molecular complexity index is 271. The number of hydrogen-bond donors (Lipinski definition) is 0. The van der Waals surface area contributed by atoms with Crippen molar-refractivity contribution < 1.29 is 19.3 Å². The molecule has 0 aromatic heterocycles. The molecule has 0 aliphatic rings. The molecular formula is C16H32O4. The fourth-order valence-electron chi connectivity index (χ4n) is 2.40. The van der Waals surface area contributed by atoms with Crippen LogP contribution in [-0.2, 0) is 19.3 Å². The van der Waals surface area contributed by atoms with Gasteiger partial charge in [0.25, 0.3) is 0 Å². The molecule has 0 radical (unpaired) electrons. The normalized spacial score (nSPS) is 14.2. The molecule has 0 saturated heterocycles. The summed E-state index contributed by atoms with van der Waals surface area (Å²) in [7, 11) is 0. The Balaban J connectivity index is 4.55. The molecule has 0 spiro atoms. The lowest BCUT2D eigenvalue weighted by Gasteiger charge is -2.33. The number of carbonyl (C=O) groups excluding carboxylic acids is 1. The summed E-state index contributed by atoms with van der Waals surface area (Å²) in [5.74, 6) is -0.332. The smallest absolute Gasteiger partial charge is 0.339 e. The van der Waals surface area contributed by atoms with Gasteiger partial charge in [0.1, 0.15) is 5.60 Å². The average Bonchev–Trinajstić information content (AvgIpc) is 2.24. The second-order valence-corrected chi connectivity index (χ2v) is 7.05. The molecule has 0 heterocycles. The van der Waals surface area contributed by atoms with Gasteiger partial charge in [0.15, 0.2) is 6.10 Å². The number of esters is 1. The van der Waals surface area contributed by atoms with Crippen LogP contribution in [0.5, 0.6) is 0 Å². The highest BCUT2D eigenvalue weighted by Crippen LogP contribution is 2.30. The van der Waals surface area contributed by atoms with Crippen LogP contribution in [0.3, 0.4) is 0 Å². The van der Waals surface area contributed by atoms with E-state index in [0.717, 1.165) is 19.3 Å². The van der Waals surface area contributed by atoms with Crippen LogP contribution in [0.2, 0.25) is 0 Å². The second-order valence-electron chi connectivity index (χ2n) is 7.05. The molecule has 0 bridgehead atoms. The Labute approximate surface area is 124 Å². The molecule has 4 heteroatoms. The molecule has 0 fully saturated rings. The van der Waals surface area contributed by atoms with E-state index in [1.54, 1.807) is 0 Å². The van der Waals surface area contributed by atoms with Gasteiger partial charge in [-0.25, -0.2) is 14.6 Å². The van der Waals surface area contributed by atoms with Crippen LogP contribution in [-0.4, -0.2) is 24.3 Å². The monoisotopic (exact) mass is 288 g/mol. The lowest BCUT2D eigenvalue weighted by molar-refractivity contribution is -0.320. The van der Waals surface area contributed by atoms with E-state index >= 15 is 0 Å². The second kappa shape index (κ2) is 8.63. The molecule has 0 amide bonds. The maximum absolute atomic E-state index is 12.2. The third kappa shape index (κ3) is 9.32. The zero-order valence-electron chi connectivity index (χ0n) is 14.2. The van der Waals surface area contributed by atoms with E-state index in [1.165, 1.54) is 0 Å². The molecule has 120 valence electrons. The minimum absolute atomic E-state index is 0.101. The highest BCUT2D eigenvalue weighted by molar-refractivity contribution is 5.75. The van der Waals surface area contributed by atoms with E-state index in [1.807, 2.05) is 20.8 Å². The summed E-state index contributed by atoms with van der Waals surface area (Å²) in [6, 6.07) is 0. The van der Waals surface area contributed by atoms with Crippen molar-refractivity contribution in [1.82, 2.24) is 0 Å². The number of ether oxygens (including phenoxy) is 1. The molecule has 4 nitrogen and oxygen atoms in total. The minimum atomic E-state index is -0.630. The van der Waals surface area contributed by atoms with E-state index in [9.17, 15) is 4.79 Å². The summed E-state index contributed by atoms with van der Waals surface area (Å²) >= 11 is 0. The molecule has 0 saturated carbocycles. The summed E-state index contributed by atoms with van der Waals surface area (Å²) in [6.07, 6.45) is 2.70. The first-order chi connectivity index (χ1) is 9.11. The average molecular weight is 288 g/mol. The number of rotatable bonds is 9. The van der Waals surface area contributed by atoms with Gasteiger partial charge in [-0.3, -0.25) is 0 Å². The van der Waals surface area contributed by atoms with Crippen LogP contribution in [0.1, 0.15) is 74.1 Å². The Morgan fingerprint density at radius 2 is 1.70 bits per heavy atom. The largest absolute Gasteiger partial charge is 0.458 e. The van der Waals surface area contributed by atoms with Gasteiger partial charge in [-0.15, -0.1) is 0 Å². The van der Waals surface area contributed by atoms with Gasteiger partial charge in [0.05, 0.1) is 6.61 Å². The summed E-state index contributed by atoms with van der Waals surface area (Å²) < 4.78 is 5.63.